The fraction of sp³-hybridized carbons (Fsp3) is 0.625. The number of ether oxygens (including phenoxy) is 1. The third-order valence-corrected chi connectivity index (χ3v) is 4.23. The average molecular weight is 260 g/mol. The van der Waals surface area contributed by atoms with Crippen LogP contribution in [0.5, 0.6) is 0 Å². The maximum Gasteiger partial charge on any atom is 0.0495 e. The van der Waals surface area contributed by atoms with E-state index in [0.29, 0.717) is 0 Å². The first-order chi connectivity index (χ1) is 9.43. The van der Waals surface area contributed by atoms with Crippen LogP contribution in [0.1, 0.15) is 30.4 Å². The van der Waals surface area contributed by atoms with Gasteiger partial charge < -0.3 is 15.4 Å². The number of nitrogens with one attached hydrogen (secondary N) is 2. The highest BCUT2D eigenvalue weighted by Gasteiger charge is 2.15. The molecule has 0 radical (unpaired) electrons. The number of fused-ring (bicyclic) bond motifs is 1. The van der Waals surface area contributed by atoms with Gasteiger partial charge in [0.25, 0.3) is 0 Å². The molecule has 2 N–H and O–H groups in total. The summed E-state index contributed by atoms with van der Waals surface area (Å²) in [6, 6.07) is 6.68. The van der Waals surface area contributed by atoms with E-state index in [0.717, 1.165) is 38.8 Å². The molecule has 3 heteroatoms. The van der Waals surface area contributed by atoms with E-state index < -0.39 is 0 Å². The third kappa shape index (κ3) is 3.28. The van der Waals surface area contributed by atoms with Crippen molar-refractivity contribution in [2.75, 3.05) is 31.6 Å². The number of hydrogen-bond acceptors (Lipinski definition) is 3. The minimum atomic E-state index is 0.773. The van der Waals surface area contributed by atoms with Crippen LogP contribution in [0.25, 0.3) is 0 Å². The van der Waals surface area contributed by atoms with Gasteiger partial charge in [0.2, 0.25) is 0 Å². The Morgan fingerprint density at radius 2 is 2.37 bits per heavy atom. The second kappa shape index (κ2) is 6.40. The van der Waals surface area contributed by atoms with Gasteiger partial charge in [0.05, 0.1) is 0 Å². The lowest BCUT2D eigenvalue weighted by atomic mass is 9.99. The zero-order chi connectivity index (χ0) is 12.9. The summed E-state index contributed by atoms with van der Waals surface area (Å²) in [5.74, 6) is 0.773. The number of hydrogen-bond donors (Lipinski definition) is 2. The van der Waals surface area contributed by atoms with Crippen LogP contribution in [0.15, 0.2) is 18.2 Å². The fourth-order valence-corrected chi connectivity index (χ4v) is 3.07. The van der Waals surface area contributed by atoms with Crippen LogP contribution in [-0.2, 0) is 17.7 Å². The van der Waals surface area contributed by atoms with Gasteiger partial charge in [-0.3, -0.25) is 0 Å². The predicted molar refractivity (Wildman–Crippen MR) is 78.5 cm³/mol. The monoisotopic (exact) mass is 260 g/mol. The summed E-state index contributed by atoms with van der Waals surface area (Å²) >= 11 is 0. The van der Waals surface area contributed by atoms with Crippen molar-refractivity contribution in [3.8, 4) is 0 Å². The van der Waals surface area contributed by atoms with Gasteiger partial charge in [-0.1, -0.05) is 18.2 Å². The summed E-state index contributed by atoms with van der Waals surface area (Å²) in [5.41, 5.74) is 4.28. The Labute approximate surface area is 115 Å². The highest BCUT2D eigenvalue weighted by Crippen LogP contribution is 2.25. The molecule has 2 aliphatic rings. The Balaban J connectivity index is 1.49. The Kier molecular flexibility index (Phi) is 4.36. The second-order valence-corrected chi connectivity index (χ2v) is 5.68. The van der Waals surface area contributed by atoms with Crippen LogP contribution < -0.4 is 10.6 Å². The zero-order valence-electron chi connectivity index (χ0n) is 11.6. The molecule has 3 nitrogen and oxygen atoms in total. The molecular formula is C16H24N2O. The van der Waals surface area contributed by atoms with Crippen molar-refractivity contribution in [1.29, 1.82) is 0 Å². The van der Waals surface area contributed by atoms with E-state index in [4.69, 9.17) is 4.74 Å². The lowest BCUT2D eigenvalue weighted by Crippen LogP contribution is -2.20. The third-order valence-electron chi connectivity index (χ3n) is 4.23. The Hall–Kier alpha value is -1.06. The first-order valence-electron chi connectivity index (χ1n) is 7.56. The summed E-state index contributed by atoms with van der Waals surface area (Å²) in [5, 5.41) is 7.14. The second-order valence-electron chi connectivity index (χ2n) is 5.68. The van der Waals surface area contributed by atoms with Crippen LogP contribution in [0, 0.1) is 5.92 Å². The first-order valence-corrected chi connectivity index (χ1v) is 7.56. The highest BCUT2D eigenvalue weighted by molar-refractivity contribution is 5.59. The van der Waals surface area contributed by atoms with Crippen molar-refractivity contribution in [2.24, 2.45) is 5.92 Å². The normalized spacial score (nSPS) is 22.0. The van der Waals surface area contributed by atoms with E-state index in [9.17, 15) is 0 Å². The van der Waals surface area contributed by atoms with Crippen molar-refractivity contribution in [2.45, 2.75) is 32.2 Å². The maximum atomic E-state index is 5.41. The highest BCUT2D eigenvalue weighted by atomic mass is 16.5. The molecule has 1 aromatic rings. The van der Waals surface area contributed by atoms with Crippen LogP contribution in [0.3, 0.4) is 0 Å². The van der Waals surface area contributed by atoms with Gasteiger partial charge in [-0.15, -0.1) is 0 Å². The summed E-state index contributed by atoms with van der Waals surface area (Å²) < 4.78 is 5.41. The molecule has 0 bridgehead atoms. The molecule has 0 aromatic heterocycles. The topological polar surface area (TPSA) is 33.3 Å². The number of benzene rings is 1. The Morgan fingerprint density at radius 1 is 1.37 bits per heavy atom. The SMILES string of the molecule is c1cc2c(c(CNCCC3CCOC3)c1)NCCC2. The molecule has 1 saturated heterocycles. The van der Waals surface area contributed by atoms with Gasteiger partial charge in [0.1, 0.15) is 0 Å². The van der Waals surface area contributed by atoms with Crippen LogP contribution in [0.2, 0.25) is 0 Å². The summed E-state index contributed by atoms with van der Waals surface area (Å²) in [4.78, 5) is 0. The van der Waals surface area contributed by atoms with E-state index in [-0.39, 0.29) is 0 Å². The molecule has 0 spiro atoms. The van der Waals surface area contributed by atoms with Gasteiger partial charge in [0, 0.05) is 32.0 Å². The Morgan fingerprint density at radius 3 is 3.26 bits per heavy atom. The maximum absolute atomic E-state index is 5.41. The number of rotatable bonds is 5. The molecular weight excluding hydrogens is 236 g/mol. The Bertz CT molecular complexity index is 413. The van der Waals surface area contributed by atoms with Crippen molar-refractivity contribution in [3.63, 3.8) is 0 Å². The van der Waals surface area contributed by atoms with Crippen molar-refractivity contribution >= 4 is 5.69 Å². The standard InChI is InChI=1S/C16H24N2O/c1-3-14-5-2-8-18-16(14)15(4-1)11-17-9-6-13-7-10-19-12-13/h1,3-4,13,17-18H,2,5-12H2. The molecule has 19 heavy (non-hydrogen) atoms. The smallest absolute Gasteiger partial charge is 0.0495 e. The quantitative estimate of drug-likeness (QED) is 0.798. The lowest BCUT2D eigenvalue weighted by molar-refractivity contribution is 0.184. The fourth-order valence-electron chi connectivity index (χ4n) is 3.07. The lowest BCUT2D eigenvalue weighted by Gasteiger charge is -2.21. The number of anilines is 1. The zero-order valence-corrected chi connectivity index (χ0v) is 11.6. The van der Waals surface area contributed by atoms with Crippen molar-refractivity contribution in [3.05, 3.63) is 29.3 Å². The van der Waals surface area contributed by atoms with Crippen LogP contribution in [0.4, 0.5) is 5.69 Å². The minimum absolute atomic E-state index is 0.773. The molecule has 2 aliphatic heterocycles. The van der Waals surface area contributed by atoms with Crippen molar-refractivity contribution in [1.82, 2.24) is 5.32 Å². The molecule has 0 aliphatic carbocycles. The van der Waals surface area contributed by atoms with Gasteiger partial charge in [-0.05, 0) is 49.3 Å². The molecule has 2 heterocycles. The van der Waals surface area contributed by atoms with E-state index in [2.05, 4.69) is 28.8 Å². The largest absolute Gasteiger partial charge is 0.385 e. The van der Waals surface area contributed by atoms with E-state index in [1.807, 2.05) is 0 Å². The average Bonchev–Trinajstić information content (AvgIpc) is 2.97. The molecule has 1 atom stereocenters. The predicted octanol–water partition coefficient (Wildman–Crippen LogP) is 2.56. The van der Waals surface area contributed by atoms with E-state index >= 15 is 0 Å². The summed E-state index contributed by atoms with van der Waals surface area (Å²) in [6.07, 6.45) is 4.95. The molecule has 3 rings (SSSR count). The first kappa shape index (κ1) is 12.9. The van der Waals surface area contributed by atoms with Crippen LogP contribution >= 0.6 is 0 Å². The van der Waals surface area contributed by atoms with Crippen LogP contribution in [-0.4, -0.2) is 26.3 Å². The molecule has 0 saturated carbocycles. The number of aryl methyl sites for hydroxylation is 1. The van der Waals surface area contributed by atoms with E-state index in [1.54, 1.807) is 0 Å². The molecule has 104 valence electrons. The van der Waals surface area contributed by atoms with Gasteiger partial charge in [-0.2, -0.15) is 0 Å². The van der Waals surface area contributed by atoms with E-state index in [1.165, 1.54) is 42.5 Å². The molecule has 1 fully saturated rings. The van der Waals surface area contributed by atoms with Gasteiger partial charge >= 0.3 is 0 Å². The minimum Gasteiger partial charge on any atom is -0.385 e. The molecule has 1 unspecified atom stereocenters. The summed E-state index contributed by atoms with van der Waals surface area (Å²) in [6.45, 7) is 5.11. The molecule has 0 amide bonds. The molecule has 1 aromatic carbocycles. The van der Waals surface area contributed by atoms with Gasteiger partial charge in [0.15, 0.2) is 0 Å². The summed E-state index contributed by atoms with van der Waals surface area (Å²) in [7, 11) is 0. The van der Waals surface area contributed by atoms with Crippen molar-refractivity contribution < 1.29 is 4.74 Å². The number of para-hydroxylation sites is 1. The van der Waals surface area contributed by atoms with Gasteiger partial charge in [-0.25, -0.2) is 0 Å².